The first kappa shape index (κ1) is 15.9. The van der Waals surface area contributed by atoms with Crippen molar-refractivity contribution in [3.05, 3.63) is 38.9 Å². The minimum atomic E-state index is -0.794. The molecule has 0 saturated carbocycles. The maximum Gasteiger partial charge on any atom is 0.283 e. The van der Waals surface area contributed by atoms with Crippen LogP contribution in [-0.4, -0.2) is 29.3 Å². The minimum absolute atomic E-state index is 0.143. The summed E-state index contributed by atoms with van der Waals surface area (Å²) in [4.78, 5) is 33.7. The van der Waals surface area contributed by atoms with Crippen LogP contribution in [-0.2, 0) is 4.79 Å². The molecular formula is C12H14ClN3O4. The van der Waals surface area contributed by atoms with Crippen molar-refractivity contribution in [3.8, 4) is 0 Å². The molecule has 8 heteroatoms. The van der Waals surface area contributed by atoms with Crippen LogP contribution >= 0.6 is 11.6 Å². The number of nitrogens with one attached hydrogen (secondary N) is 2. The highest BCUT2D eigenvalue weighted by molar-refractivity contribution is 6.31. The van der Waals surface area contributed by atoms with E-state index in [1.54, 1.807) is 6.92 Å². The number of carbonyl (C=O) groups excluding carboxylic acids is 2. The van der Waals surface area contributed by atoms with Gasteiger partial charge in [0, 0.05) is 17.6 Å². The summed E-state index contributed by atoms with van der Waals surface area (Å²) in [5, 5.41) is 16.0. The molecule has 0 aliphatic rings. The molecule has 0 aliphatic heterocycles. The maximum absolute atomic E-state index is 12.0. The molecule has 1 aromatic rings. The molecule has 0 aromatic heterocycles. The van der Waals surface area contributed by atoms with Crippen molar-refractivity contribution in [3.63, 3.8) is 0 Å². The van der Waals surface area contributed by atoms with Crippen molar-refractivity contribution in [1.29, 1.82) is 0 Å². The number of amides is 2. The van der Waals surface area contributed by atoms with E-state index in [1.807, 2.05) is 0 Å². The summed E-state index contributed by atoms with van der Waals surface area (Å²) in [6.45, 7) is 3.67. The lowest BCUT2D eigenvalue weighted by Crippen LogP contribution is -2.44. The summed E-state index contributed by atoms with van der Waals surface area (Å²) < 4.78 is 0. The standard InChI is InChI=1S/C12H14ClN3O4/c1-3-14-11(17)7(2)15-12(18)9-5-4-8(13)6-10(9)16(19)20/h4-7H,3H2,1-2H3,(H,14,17)(H,15,18)/t7-/m0/s1. The topological polar surface area (TPSA) is 101 Å². The first-order valence-corrected chi connectivity index (χ1v) is 6.27. The van der Waals surface area contributed by atoms with Gasteiger partial charge in [-0.1, -0.05) is 11.6 Å². The van der Waals surface area contributed by atoms with Gasteiger partial charge in [-0.05, 0) is 26.0 Å². The first-order valence-electron chi connectivity index (χ1n) is 5.89. The lowest BCUT2D eigenvalue weighted by molar-refractivity contribution is -0.385. The van der Waals surface area contributed by atoms with Crippen LogP contribution < -0.4 is 10.6 Å². The molecule has 1 rings (SSSR count). The van der Waals surface area contributed by atoms with E-state index in [9.17, 15) is 19.7 Å². The van der Waals surface area contributed by atoms with Crippen molar-refractivity contribution >= 4 is 29.1 Å². The maximum atomic E-state index is 12.0. The largest absolute Gasteiger partial charge is 0.355 e. The third kappa shape index (κ3) is 3.92. The first-order chi connectivity index (χ1) is 9.36. The van der Waals surface area contributed by atoms with Gasteiger partial charge >= 0.3 is 0 Å². The van der Waals surface area contributed by atoms with E-state index in [4.69, 9.17) is 11.6 Å². The Kier molecular flexibility index (Phi) is 5.45. The van der Waals surface area contributed by atoms with Crippen LogP contribution in [0.15, 0.2) is 18.2 Å². The molecule has 2 amide bonds. The van der Waals surface area contributed by atoms with E-state index in [0.29, 0.717) is 6.54 Å². The molecule has 108 valence electrons. The van der Waals surface area contributed by atoms with Crippen molar-refractivity contribution < 1.29 is 14.5 Å². The number of halogens is 1. The molecule has 1 atom stereocenters. The van der Waals surface area contributed by atoms with Crippen LogP contribution in [0.4, 0.5) is 5.69 Å². The molecule has 0 aliphatic carbocycles. The normalized spacial score (nSPS) is 11.6. The molecule has 1 aromatic carbocycles. The third-order valence-corrected chi connectivity index (χ3v) is 2.73. The molecule has 0 heterocycles. The summed E-state index contributed by atoms with van der Waals surface area (Å²) in [7, 11) is 0. The molecular weight excluding hydrogens is 286 g/mol. The number of rotatable bonds is 5. The zero-order chi connectivity index (χ0) is 15.3. The average molecular weight is 300 g/mol. The van der Waals surface area contributed by atoms with Crippen molar-refractivity contribution in [2.45, 2.75) is 19.9 Å². The highest BCUT2D eigenvalue weighted by Gasteiger charge is 2.23. The molecule has 7 nitrogen and oxygen atoms in total. The fraction of sp³-hybridized carbons (Fsp3) is 0.333. The van der Waals surface area contributed by atoms with E-state index < -0.39 is 22.6 Å². The Bertz CT molecular complexity index is 548. The van der Waals surface area contributed by atoms with Crippen LogP contribution in [0.5, 0.6) is 0 Å². The summed E-state index contributed by atoms with van der Waals surface area (Å²) in [6.07, 6.45) is 0. The highest BCUT2D eigenvalue weighted by atomic mass is 35.5. The number of carbonyl (C=O) groups is 2. The van der Waals surface area contributed by atoms with Gasteiger partial charge < -0.3 is 10.6 Å². The van der Waals surface area contributed by atoms with Crippen LogP contribution in [0.3, 0.4) is 0 Å². The molecule has 2 N–H and O–H groups in total. The predicted octanol–water partition coefficient (Wildman–Crippen LogP) is 1.50. The van der Waals surface area contributed by atoms with Gasteiger partial charge in [-0.25, -0.2) is 0 Å². The van der Waals surface area contributed by atoms with Gasteiger partial charge in [-0.3, -0.25) is 19.7 Å². The monoisotopic (exact) mass is 299 g/mol. The second kappa shape index (κ2) is 6.85. The van der Waals surface area contributed by atoms with Gasteiger partial charge in [0.15, 0.2) is 0 Å². The van der Waals surface area contributed by atoms with Crippen LogP contribution in [0.1, 0.15) is 24.2 Å². The van der Waals surface area contributed by atoms with Crippen molar-refractivity contribution in [2.24, 2.45) is 0 Å². The summed E-state index contributed by atoms with van der Waals surface area (Å²) in [5.41, 5.74) is -0.548. The van der Waals surface area contributed by atoms with Gasteiger partial charge in [0.2, 0.25) is 5.91 Å². The van der Waals surface area contributed by atoms with E-state index in [1.165, 1.54) is 19.1 Å². The van der Waals surface area contributed by atoms with E-state index >= 15 is 0 Å². The van der Waals surface area contributed by atoms with E-state index in [0.717, 1.165) is 6.07 Å². The minimum Gasteiger partial charge on any atom is -0.355 e. The Morgan fingerprint density at radius 2 is 2.10 bits per heavy atom. The number of nitro groups is 1. The Balaban J connectivity index is 2.93. The van der Waals surface area contributed by atoms with Gasteiger partial charge in [0.05, 0.1) is 4.92 Å². The van der Waals surface area contributed by atoms with E-state index in [2.05, 4.69) is 10.6 Å². The number of hydrogen-bond acceptors (Lipinski definition) is 4. The summed E-state index contributed by atoms with van der Waals surface area (Å²) in [6, 6.07) is 2.92. The molecule has 0 saturated heterocycles. The quantitative estimate of drug-likeness (QED) is 0.635. The van der Waals surface area contributed by atoms with Crippen molar-refractivity contribution in [1.82, 2.24) is 10.6 Å². The molecule has 0 fully saturated rings. The summed E-state index contributed by atoms with van der Waals surface area (Å²) in [5.74, 6) is -1.07. The lowest BCUT2D eigenvalue weighted by Gasteiger charge is -2.13. The highest BCUT2D eigenvalue weighted by Crippen LogP contribution is 2.23. The number of hydrogen-bond donors (Lipinski definition) is 2. The molecule has 20 heavy (non-hydrogen) atoms. The molecule has 0 bridgehead atoms. The van der Waals surface area contributed by atoms with Crippen LogP contribution in [0, 0.1) is 10.1 Å². The second-order valence-electron chi connectivity index (χ2n) is 4.01. The lowest BCUT2D eigenvalue weighted by atomic mass is 10.1. The third-order valence-electron chi connectivity index (χ3n) is 2.49. The number of nitrogens with zero attached hydrogens (tertiary/aromatic N) is 1. The number of benzene rings is 1. The predicted molar refractivity (Wildman–Crippen MR) is 73.7 cm³/mol. The van der Waals surface area contributed by atoms with Gasteiger partial charge in [-0.2, -0.15) is 0 Å². The van der Waals surface area contributed by atoms with Gasteiger partial charge in [-0.15, -0.1) is 0 Å². The van der Waals surface area contributed by atoms with Gasteiger partial charge in [0.1, 0.15) is 11.6 Å². The molecule has 0 radical (unpaired) electrons. The Morgan fingerprint density at radius 1 is 1.45 bits per heavy atom. The Hall–Kier alpha value is -2.15. The zero-order valence-corrected chi connectivity index (χ0v) is 11.7. The zero-order valence-electron chi connectivity index (χ0n) is 11.0. The fourth-order valence-corrected chi connectivity index (χ4v) is 1.68. The smallest absolute Gasteiger partial charge is 0.283 e. The molecule has 0 spiro atoms. The van der Waals surface area contributed by atoms with Crippen LogP contribution in [0.25, 0.3) is 0 Å². The van der Waals surface area contributed by atoms with Crippen LogP contribution in [0.2, 0.25) is 5.02 Å². The van der Waals surface area contributed by atoms with Gasteiger partial charge in [0.25, 0.3) is 11.6 Å². The van der Waals surface area contributed by atoms with Crippen molar-refractivity contribution in [2.75, 3.05) is 6.54 Å². The number of nitro benzene ring substituents is 1. The van der Waals surface area contributed by atoms with E-state index in [-0.39, 0.29) is 16.5 Å². The average Bonchev–Trinajstić information content (AvgIpc) is 2.38. The summed E-state index contributed by atoms with van der Waals surface area (Å²) >= 11 is 5.66. The Labute approximate surface area is 120 Å². The Morgan fingerprint density at radius 3 is 2.65 bits per heavy atom. The number of likely N-dealkylation sites (N-methyl/N-ethyl adjacent to an activating group) is 1. The second-order valence-corrected chi connectivity index (χ2v) is 4.44. The molecule has 0 unspecified atom stereocenters. The SMILES string of the molecule is CCNC(=O)[C@H](C)NC(=O)c1ccc(Cl)cc1[N+](=O)[O-]. The fourth-order valence-electron chi connectivity index (χ4n) is 1.52.